The molecule has 1 aromatic heterocycles. The molecule has 2 heterocycles. The molecule has 0 spiro atoms. The Morgan fingerprint density at radius 3 is 2.62 bits per heavy atom. The fraction of sp³-hybridized carbons (Fsp3) is 0.457. The summed E-state index contributed by atoms with van der Waals surface area (Å²) in [6, 6.07) is 10.5. The van der Waals surface area contributed by atoms with Crippen molar-refractivity contribution in [2.45, 2.75) is 70.4 Å². The van der Waals surface area contributed by atoms with Gasteiger partial charge in [-0.05, 0) is 63.3 Å². The molecule has 15 nitrogen and oxygen atoms in total. The predicted octanol–water partition coefficient (Wildman–Crippen LogP) is 3.77. The number of ketones is 1. The highest BCUT2D eigenvalue weighted by molar-refractivity contribution is 5.90. The molecule has 3 aromatic rings. The van der Waals surface area contributed by atoms with E-state index in [2.05, 4.69) is 5.32 Å². The highest BCUT2D eigenvalue weighted by Gasteiger charge is 2.38. The molecule has 1 unspecified atom stereocenters. The minimum Gasteiger partial charge on any atom is -0.490 e. The SMILES string of the molecule is CC(=O)Cc1cc(=O)oc2cc(OCCOC(=O)[C@@H]3CCCN3C(=O)[C@H](CCCCN)NC(=O)OCC(C)c3ccccc3[N+](=O)[O-])ccc12. The zero-order valence-corrected chi connectivity index (χ0v) is 28.1. The molecule has 0 bridgehead atoms. The van der Waals surface area contributed by atoms with Crippen molar-refractivity contribution in [2.75, 3.05) is 32.9 Å². The standard InChI is InChI=1S/C35H42N4O11/c1-22(26-8-3-4-10-29(26)39(45)46)21-49-35(44)37-28(9-5-6-14-36)33(42)38-15-7-11-30(38)34(43)48-17-16-47-25-12-13-27-24(18-23(2)40)19-32(41)50-31(27)20-25/h3-4,8,10,12-13,19-20,22,28,30H,5-7,9,11,14-18,21,36H2,1-2H3,(H,37,44)/t22?,28-,30-/m0/s1. The van der Waals surface area contributed by atoms with Crippen LogP contribution in [-0.2, 0) is 30.3 Å². The molecule has 3 atom stereocenters. The Morgan fingerprint density at radius 2 is 1.88 bits per heavy atom. The van der Waals surface area contributed by atoms with Crippen LogP contribution in [0, 0.1) is 10.1 Å². The zero-order chi connectivity index (χ0) is 36.2. The van der Waals surface area contributed by atoms with Crippen LogP contribution in [-0.4, -0.2) is 78.6 Å². The molecule has 1 aliphatic heterocycles. The normalized spacial score (nSPS) is 15.3. The average molecular weight is 695 g/mol. The van der Waals surface area contributed by atoms with E-state index in [0.29, 0.717) is 61.0 Å². The number of nitro benzene ring substituents is 1. The molecule has 0 radical (unpaired) electrons. The molecule has 15 heteroatoms. The van der Waals surface area contributed by atoms with Gasteiger partial charge in [-0.1, -0.05) is 25.1 Å². The number of nitro groups is 1. The fourth-order valence-electron chi connectivity index (χ4n) is 5.88. The quantitative estimate of drug-likeness (QED) is 0.0680. The zero-order valence-electron chi connectivity index (χ0n) is 28.1. The van der Waals surface area contributed by atoms with Crippen LogP contribution in [0.25, 0.3) is 11.0 Å². The van der Waals surface area contributed by atoms with E-state index in [1.807, 2.05) is 0 Å². The van der Waals surface area contributed by atoms with Gasteiger partial charge in [0, 0.05) is 48.0 Å². The lowest BCUT2D eigenvalue weighted by Crippen LogP contribution is -2.52. The van der Waals surface area contributed by atoms with Crippen LogP contribution in [0.1, 0.15) is 63.0 Å². The number of nitrogens with two attached hydrogens (primary N) is 1. The molecule has 0 saturated carbocycles. The minimum absolute atomic E-state index is 0.0189. The Hall–Kier alpha value is -5.31. The van der Waals surface area contributed by atoms with Crippen molar-refractivity contribution in [1.82, 2.24) is 10.2 Å². The second-order valence-corrected chi connectivity index (χ2v) is 12.1. The summed E-state index contributed by atoms with van der Waals surface area (Å²) >= 11 is 0. The first-order valence-corrected chi connectivity index (χ1v) is 16.5. The predicted molar refractivity (Wildman–Crippen MR) is 181 cm³/mol. The van der Waals surface area contributed by atoms with Crippen molar-refractivity contribution >= 4 is 40.4 Å². The van der Waals surface area contributed by atoms with E-state index in [-0.39, 0.29) is 49.7 Å². The van der Waals surface area contributed by atoms with Crippen LogP contribution >= 0.6 is 0 Å². The third-order valence-electron chi connectivity index (χ3n) is 8.31. The number of fused-ring (bicyclic) bond motifs is 1. The molecular formula is C35H42N4O11. The molecule has 50 heavy (non-hydrogen) atoms. The maximum Gasteiger partial charge on any atom is 0.407 e. The van der Waals surface area contributed by atoms with E-state index in [4.69, 9.17) is 24.4 Å². The number of ether oxygens (including phenoxy) is 3. The van der Waals surface area contributed by atoms with Crippen LogP contribution in [0.15, 0.2) is 57.7 Å². The molecule has 3 N–H and O–H groups in total. The van der Waals surface area contributed by atoms with E-state index in [9.17, 15) is 34.1 Å². The molecule has 1 aliphatic rings. The van der Waals surface area contributed by atoms with Crippen molar-refractivity contribution < 1.29 is 42.7 Å². The first-order chi connectivity index (χ1) is 24.0. The third-order valence-corrected chi connectivity index (χ3v) is 8.31. The van der Waals surface area contributed by atoms with Crippen molar-refractivity contribution in [3.05, 3.63) is 80.2 Å². The van der Waals surface area contributed by atoms with Crippen LogP contribution in [0.3, 0.4) is 0 Å². The smallest absolute Gasteiger partial charge is 0.407 e. The van der Waals surface area contributed by atoms with Gasteiger partial charge in [0.2, 0.25) is 5.91 Å². The Balaban J connectivity index is 1.31. The highest BCUT2D eigenvalue weighted by Crippen LogP contribution is 2.27. The largest absolute Gasteiger partial charge is 0.490 e. The molecule has 1 fully saturated rings. The number of alkyl carbamates (subject to hydrolysis) is 1. The molecule has 268 valence electrons. The van der Waals surface area contributed by atoms with Crippen LogP contribution in [0.2, 0.25) is 0 Å². The van der Waals surface area contributed by atoms with Crippen molar-refractivity contribution in [1.29, 1.82) is 0 Å². The van der Waals surface area contributed by atoms with E-state index < -0.39 is 46.5 Å². The fourth-order valence-corrected chi connectivity index (χ4v) is 5.88. The first-order valence-electron chi connectivity index (χ1n) is 16.5. The van der Waals surface area contributed by atoms with Gasteiger partial charge < -0.3 is 34.6 Å². The topological polar surface area (TPSA) is 211 Å². The van der Waals surface area contributed by atoms with E-state index >= 15 is 0 Å². The van der Waals surface area contributed by atoms with Gasteiger partial charge in [-0.2, -0.15) is 0 Å². The summed E-state index contributed by atoms with van der Waals surface area (Å²) in [5, 5.41) is 14.6. The molecular weight excluding hydrogens is 652 g/mol. The first kappa shape index (κ1) is 37.5. The van der Waals surface area contributed by atoms with E-state index in [1.165, 1.54) is 30.0 Å². The number of likely N-dealkylation sites (tertiary alicyclic amines) is 1. The molecule has 2 aromatic carbocycles. The maximum atomic E-state index is 13.7. The van der Waals surface area contributed by atoms with E-state index in [1.54, 1.807) is 37.3 Å². The van der Waals surface area contributed by atoms with Gasteiger partial charge in [0.1, 0.15) is 49.0 Å². The number of esters is 1. The molecule has 1 saturated heterocycles. The summed E-state index contributed by atoms with van der Waals surface area (Å²) in [6.45, 7) is 3.52. The van der Waals surface area contributed by atoms with Gasteiger partial charge in [-0.3, -0.25) is 19.7 Å². The number of hydrogen-bond donors (Lipinski definition) is 2. The average Bonchev–Trinajstić information content (AvgIpc) is 3.58. The summed E-state index contributed by atoms with van der Waals surface area (Å²) < 4.78 is 21.8. The summed E-state index contributed by atoms with van der Waals surface area (Å²) in [4.78, 5) is 75.4. The summed E-state index contributed by atoms with van der Waals surface area (Å²) in [6.07, 6.45) is 1.59. The Labute approximate surface area is 288 Å². The van der Waals surface area contributed by atoms with Crippen molar-refractivity contribution in [3.8, 4) is 5.75 Å². The number of Topliss-reactive ketones (excluding diaryl/α,β-unsaturated/α-hetero) is 1. The Morgan fingerprint density at radius 1 is 1.10 bits per heavy atom. The summed E-state index contributed by atoms with van der Waals surface area (Å²) in [5.74, 6) is -1.28. The lowest BCUT2D eigenvalue weighted by molar-refractivity contribution is -0.385. The second-order valence-electron chi connectivity index (χ2n) is 12.1. The second kappa shape index (κ2) is 17.9. The van der Waals surface area contributed by atoms with E-state index in [0.717, 1.165) is 0 Å². The number of para-hydroxylation sites is 1. The van der Waals surface area contributed by atoms with Crippen LogP contribution in [0.4, 0.5) is 10.5 Å². The van der Waals surface area contributed by atoms with Crippen LogP contribution in [0.5, 0.6) is 5.75 Å². The van der Waals surface area contributed by atoms with Gasteiger partial charge in [-0.15, -0.1) is 0 Å². The molecule has 4 rings (SSSR count). The van der Waals surface area contributed by atoms with Gasteiger partial charge in [-0.25, -0.2) is 14.4 Å². The number of hydrogen-bond acceptors (Lipinski definition) is 12. The summed E-state index contributed by atoms with van der Waals surface area (Å²) in [7, 11) is 0. The Bertz CT molecular complexity index is 1760. The number of benzene rings is 2. The maximum absolute atomic E-state index is 13.7. The van der Waals surface area contributed by atoms with Crippen molar-refractivity contribution in [3.63, 3.8) is 0 Å². The summed E-state index contributed by atoms with van der Waals surface area (Å²) in [5.41, 5.74) is 6.20. The molecule has 2 amide bonds. The number of unbranched alkanes of at least 4 members (excludes halogenated alkanes) is 1. The van der Waals surface area contributed by atoms with Gasteiger partial charge in [0.05, 0.1) is 4.92 Å². The molecule has 0 aliphatic carbocycles. The number of nitrogens with zero attached hydrogens (tertiary/aromatic N) is 2. The number of carbonyl (C=O) groups is 4. The monoisotopic (exact) mass is 694 g/mol. The lowest BCUT2D eigenvalue weighted by Gasteiger charge is -2.28. The van der Waals surface area contributed by atoms with Gasteiger partial charge >= 0.3 is 17.7 Å². The number of amides is 2. The minimum atomic E-state index is -0.990. The van der Waals surface area contributed by atoms with Gasteiger partial charge in [0.25, 0.3) is 5.69 Å². The third kappa shape index (κ3) is 10.1. The Kier molecular flexibility index (Phi) is 13.4. The number of nitrogens with one attached hydrogen (secondary N) is 1. The lowest BCUT2D eigenvalue weighted by atomic mass is 10.0. The van der Waals surface area contributed by atoms with Crippen LogP contribution < -0.4 is 21.4 Å². The van der Waals surface area contributed by atoms with Gasteiger partial charge in [0.15, 0.2) is 0 Å². The van der Waals surface area contributed by atoms with Crippen molar-refractivity contribution in [2.24, 2.45) is 5.73 Å². The number of rotatable bonds is 17. The number of carbonyl (C=O) groups excluding carboxylic acids is 4. The highest BCUT2D eigenvalue weighted by atomic mass is 16.6.